The molecule has 2 amide bonds. The van der Waals surface area contributed by atoms with Crippen molar-refractivity contribution < 1.29 is 13.9 Å². The van der Waals surface area contributed by atoms with Crippen molar-refractivity contribution in [1.82, 2.24) is 14.5 Å². The van der Waals surface area contributed by atoms with Crippen LogP contribution < -0.4 is 10.9 Å². The molecular weight excluding hydrogens is 512 g/mol. The van der Waals surface area contributed by atoms with E-state index in [1.807, 2.05) is 55.5 Å². The lowest BCUT2D eigenvalue weighted by atomic mass is 10.1. The third-order valence-electron chi connectivity index (χ3n) is 5.75. The molecule has 0 bridgehead atoms. The van der Waals surface area contributed by atoms with Gasteiger partial charge in [0, 0.05) is 11.6 Å². The van der Waals surface area contributed by atoms with Crippen LogP contribution in [0.15, 0.2) is 80.6 Å². The highest BCUT2D eigenvalue weighted by molar-refractivity contribution is 9.10. The lowest BCUT2D eigenvalue weighted by molar-refractivity contribution is 0.161. The van der Waals surface area contributed by atoms with Crippen LogP contribution in [0.5, 0.6) is 0 Å². The van der Waals surface area contributed by atoms with E-state index in [9.17, 15) is 9.59 Å². The summed E-state index contributed by atoms with van der Waals surface area (Å²) in [4.78, 5) is 33.6. The van der Waals surface area contributed by atoms with Crippen LogP contribution in [0.1, 0.15) is 31.0 Å². The largest absolute Gasteiger partial charge is 0.467 e. The molecule has 2 aromatic carbocycles. The lowest BCUT2D eigenvalue weighted by Gasteiger charge is -2.32. The summed E-state index contributed by atoms with van der Waals surface area (Å²) in [6, 6.07) is 17.4. The van der Waals surface area contributed by atoms with Crippen LogP contribution in [0.25, 0.3) is 10.9 Å². The van der Waals surface area contributed by atoms with E-state index in [1.165, 1.54) is 0 Å². The molecule has 0 aliphatic carbocycles. The molecule has 0 aliphatic rings. The van der Waals surface area contributed by atoms with Crippen LogP contribution in [0.3, 0.4) is 0 Å². The second kappa shape index (κ2) is 11.3. The second-order valence-corrected chi connectivity index (χ2v) is 8.83. The number of ether oxygens (including phenoxy) is 1. The maximum absolute atomic E-state index is 13.7. The third-order valence-corrected chi connectivity index (χ3v) is 6.45. The van der Waals surface area contributed by atoms with Gasteiger partial charge in [0.2, 0.25) is 0 Å². The van der Waals surface area contributed by atoms with Crippen molar-refractivity contribution in [1.29, 1.82) is 0 Å². The van der Waals surface area contributed by atoms with Crippen LogP contribution in [0.4, 0.5) is 10.5 Å². The van der Waals surface area contributed by atoms with Crippen LogP contribution in [0, 0.1) is 0 Å². The highest BCUT2D eigenvalue weighted by Crippen LogP contribution is 2.28. The molecule has 2 aromatic heterocycles. The normalized spacial score (nSPS) is 12.0. The van der Waals surface area contributed by atoms with Crippen molar-refractivity contribution in [2.45, 2.75) is 32.5 Å². The zero-order chi connectivity index (χ0) is 24.8. The van der Waals surface area contributed by atoms with Crippen LogP contribution in [0.2, 0.25) is 0 Å². The number of hydrogen-bond acceptors (Lipinski definition) is 5. The molecule has 0 saturated carbocycles. The van der Waals surface area contributed by atoms with E-state index >= 15 is 0 Å². The number of para-hydroxylation sites is 2. The maximum atomic E-state index is 13.7. The highest BCUT2D eigenvalue weighted by Gasteiger charge is 2.30. The number of rotatable bonds is 9. The second-order valence-electron chi connectivity index (χ2n) is 7.98. The van der Waals surface area contributed by atoms with Gasteiger partial charge in [-0.3, -0.25) is 9.36 Å². The number of hydrogen-bond donors (Lipinski definition) is 1. The van der Waals surface area contributed by atoms with Gasteiger partial charge in [0.05, 0.1) is 48.6 Å². The first kappa shape index (κ1) is 24.7. The molecule has 1 N–H and O–H groups in total. The number of carbonyl (C=O) groups is 1. The van der Waals surface area contributed by atoms with Gasteiger partial charge < -0.3 is 19.4 Å². The molecule has 2 heterocycles. The summed E-state index contributed by atoms with van der Waals surface area (Å²) >= 11 is 3.49. The Bertz CT molecular complexity index is 1350. The molecule has 0 saturated heterocycles. The minimum Gasteiger partial charge on any atom is -0.467 e. The van der Waals surface area contributed by atoms with Gasteiger partial charge in [0.1, 0.15) is 11.6 Å². The molecule has 9 heteroatoms. The Hall–Kier alpha value is -3.43. The minimum atomic E-state index is -0.503. The van der Waals surface area contributed by atoms with Gasteiger partial charge in [0.15, 0.2) is 0 Å². The molecule has 4 rings (SSSR count). The van der Waals surface area contributed by atoms with Gasteiger partial charge in [0.25, 0.3) is 5.56 Å². The van der Waals surface area contributed by atoms with E-state index in [4.69, 9.17) is 14.1 Å². The first-order chi connectivity index (χ1) is 17.0. The molecule has 0 fully saturated rings. The number of amides is 2. The van der Waals surface area contributed by atoms with Gasteiger partial charge >= 0.3 is 6.03 Å². The Labute approximate surface area is 211 Å². The van der Waals surface area contributed by atoms with Gasteiger partial charge in [-0.25, -0.2) is 9.78 Å². The zero-order valence-corrected chi connectivity index (χ0v) is 21.2. The van der Waals surface area contributed by atoms with Crippen molar-refractivity contribution in [3.05, 3.63) is 93.3 Å². The number of nitrogens with one attached hydrogen (secondary N) is 1. The molecule has 0 spiro atoms. The Morgan fingerprint density at radius 1 is 1.17 bits per heavy atom. The van der Waals surface area contributed by atoms with Crippen LogP contribution in [-0.2, 0) is 17.8 Å². The molecular formula is C26H27BrN4O4. The van der Waals surface area contributed by atoms with Crippen LogP contribution in [-0.4, -0.2) is 34.2 Å². The topological polar surface area (TPSA) is 89.6 Å². The summed E-state index contributed by atoms with van der Waals surface area (Å²) in [6.45, 7) is 2.83. The predicted molar refractivity (Wildman–Crippen MR) is 138 cm³/mol. The highest BCUT2D eigenvalue weighted by atomic mass is 79.9. The predicted octanol–water partition coefficient (Wildman–Crippen LogP) is 5.58. The number of carbonyl (C=O) groups excluding carboxylic acids is 1. The van der Waals surface area contributed by atoms with Crippen LogP contribution >= 0.6 is 15.9 Å². The maximum Gasteiger partial charge on any atom is 0.322 e. The number of furan rings is 1. The van der Waals surface area contributed by atoms with Gasteiger partial charge in [-0.05, 0) is 58.7 Å². The molecule has 4 aromatic rings. The number of fused-ring (bicyclic) bond motifs is 1. The monoisotopic (exact) mass is 538 g/mol. The number of methoxy groups -OCH3 is 1. The van der Waals surface area contributed by atoms with E-state index in [-0.39, 0.29) is 18.1 Å². The quantitative estimate of drug-likeness (QED) is 0.300. The Balaban J connectivity index is 1.81. The minimum absolute atomic E-state index is 0.162. The fourth-order valence-corrected chi connectivity index (χ4v) is 4.41. The number of benzene rings is 2. The van der Waals surface area contributed by atoms with E-state index < -0.39 is 6.04 Å². The summed E-state index contributed by atoms with van der Waals surface area (Å²) < 4.78 is 13.2. The van der Waals surface area contributed by atoms with E-state index in [0.717, 1.165) is 4.47 Å². The van der Waals surface area contributed by atoms with Gasteiger partial charge in [-0.1, -0.05) is 31.2 Å². The molecule has 1 unspecified atom stereocenters. The summed E-state index contributed by atoms with van der Waals surface area (Å²) in [7, 11) is 1.59. The number of aromatic nitrogens is 2. The first-order valence-electron chi connectivity index (χ1n) is 11.4. The number of urea groups is 1. The van der Waals surface area contributed by atoms with Gasteiger partial charge in [-0.2, -0.15) is 0 Å². The van der Waals surface area contributed by atoms with Crippen molar-refractivity contribution in [2.75, 3.05) is 19.0 Å². The Morgan fingerprint density at radius 2 is 1.94 bits per heavy atom. The van der Waals surface area contributed by atoms with Crippen molar-refractivity contribution in [3.8, 4) is 0 Å². The SMILES string of the molecule is CCC(c1nc2ccccc2c(=O)n1CCOC)N(Cc1ccco1)C(=O)Nc1ccccc1Br. The summed E-state index contributed by atoms with van der Waals surface area (Å²) in [5.74, 6) is 1.12. The standard InChI is InChI=1S/C26H27BrN4O4/c1-3-23(24-28-21-12-6-4-10-19(21)25(32)30(24)14-16-34-2)31(17-18-9-8-15-35-18)26(33)29-22-13-7-5-11-20(22)27/h4-13,15,23H,3,14,16-17H2,1-2H3,(H,29,33). The average Bonchev–Trinajstić information content (AvgIpc) is 3.38. The fraction of sp³-hybridized carbons (Fsp3) is 0.269. The number of anilines is 1. The molecule has 182 valence electrons. The number of nitrogens with zero attached hydrogens (tertiary/aromatic N) is 3. The lowest BCUT2D eigenvalue weighted by Crippen LogP contribution is -2.41. The summed E-state index contributed by atoms with van der Waals surface area (Å²) in [5, 5.41) is 3.51. The first-order valence-corrected chi connectivity index (χ1v) is 12.2. The molecule has 1 atom stereocenters. The number of halogens is 1. The molecule has 0 aliphatic heterocycles. The van der Waals surface area contributed by atoms with E-state index in [2.05, 4.69) is 21.2 Å². The molecule has 8 nitrogen and oxygen atoms in total. The Morgan fingerprint density at radius 3 is 2.66 bits per heavy atom. The smallest absolute Gasteiger partial charge is 0.322 e. The summed E-state index contributed by atoms with van der Waals surface area (Å²) in [5.41, 5.74) is 1.06. The third kappa shape index (κ3) is 5.47. The van der Waals surface area contributed by atoms with E-state index in [1.54, 1.807) is 35.0 Å². The summed E-state index contributed by atoms with van der Waals surface area (Å²) in [6.07, 6.45) is 2.10. The van der Waals surface area contributed by atoms with Crippen molar-refractivity contribution in [3.63, 3.8) is 0 Å². The Kier molecular flexibility index (Phi) is 7.99. The molecule has 35 heavy (non-hydrogen) atoms. The molecule has 0 radical (unpaired) electrons. The zero-order valence-electron chi connectivity index (χ0n) is 19.6. The average molecular weight is 539 g/mol. The fourth-order valence-electron chi connectivity index (χ4n) is 4.02. The van der Waals surface area contributed by atoms with Gasteiger partial charge in [-0.15, -0.1) is 0 Å². The van der Waals surface area contributed by atoms with Crippen molar-refractivity contribution in [2.24, 2.45) is 0 Å². The van der Waals surface area contributed by atoms with Crippen molar-refractivity contribution >= 4 is 38.6 Å². The van der Waals surface area contributed by atoms with E-state index in [0.29, 0.717) is 47.7 Å².